The zero-order valence-electron chi connectivity index (χ0n) is 15.9. The van der Waals surface area contributed by atoms with E-state index in [0.717, 1.165) is 27.7 Å². The van der Waals surface area contributed by atoms with E-state index in [1.54, 1.807) is 24.5 Å². The largest absolute Gasteiger partial charge is 0.496 e. The van der Waals surface area contributed by atoms with E-state index in [1.165, 1.54) is 14.0 Å². The molecule has 0 radical (unpaired) electrons. The van der Waals surface area contributed by atoms with Gasteiger partial charge in [-0.3, -0.25) is 9.59 Å². The number of ketones is 1. The maximum atomic E-state index is 12.3. The van der Waals surface area contributed by atoms with Gasteiger partial charge in [-0.2, -0.15) is 0 Å². The molecule has 0 amide bonds. The number of methoxy groups -OCH3 is 1. The number of esters is 1. The van der Waals surface area contributed by atoms with E-state index in [0.29, 0.717) is 16.9 Å². The van der Waals surface area contributed by atoms with Crippen molar-refractivity contribution >= 4 is 22.7 Å². The van der Waals surface area contributed by atoms with Crippen LogP contribution in [0.5, 0.6) is 5.75 Å². The minimum Gasteiger partial charge on any atom is -0.496 e. The molecule has 1 aromatic heterocycles. The first-order valence-electron chi connectivity index (χ1n) is 8.70. The third-order valence-corrected chi connectivity index (χ3v) is 4.75. The summed E-state index contributed by atoms with van der Waals surface area (Å²) in [6.07, 6.45) is 1.72. The topological polar surface area (TPSA) is 65.7 Å². The molecular formula is C22H22O5. The van der Waals surface area contributed by atoms with E-state index in [9.17, 15) is 9.59 Å². The van der Waals surface area contributed by atoms with Crippen LogP contribution in [0.2, 0.25) is 0 Å². The van der Waals surface area contributed by atoms with E-state index in [4.69, 9.17) is 13.9 Å². The van der Waals surface area contributed by atoms with Gasteiger partial charge < -0.3 is 13.9 Å². The van der Waals surface area contributed by atoms with Crippen LogP contribution in [0.1, 0.15) is 39.5 Å². The fourth-order valence-corrected chi connectivity index (χ4v) is 3.00. The van der Waals surface area contributed by atoms with Gasteiger partial charge in [-0.15, -0.1) is 0 Å². The highest BCUT2D eigenvalue weighted by Crippen LogP contribution is 2.27. The van der Waals surface area contributed by atoms with Crippen LogP contribution in [0, 0.1) is 13.8 Å². The highest BCUT2D eigenvalue weighted by Gasteiger charge is 2.15. The van der Waals surface area contributed by atoms with Crippen molar-refractivity contribution in [2.75, 3.05) is 7.11 Å². The smallest absolute Gasteiger partial charge is 0.310 e. The first kappa shape index (κ1) is 18.7. The third kappa shape index (κ3) is 3.87. The fourth-order valence-electron chi connectivity index (χ4n) is 3.00. The zero-order chi connectivity index (χ0) is 19.6. The molecule has 0 unspecified atom stereocenters. The molecule has 0 spiro atoms. The Kier molecular flexibility index (Phi) is 5.31. The van der Waals surface area contributed by atoms with Gasteiger partial charge in [-0.05, 0) is 50.1 Å². The Morgan fingerprint density at radius 1 is 1.07 bits per heavy atom. The molecule has 140 valence electrons. The van der Waals surface area contributed by atoms with Gasteiger partial charge in [0.1, 0.15) is 17.9 Å². The molecule has 0 fully saturated rings. The second-order valence-corrected chi connectivity index (χ2v) is 6.57. The molecule has 3 aromatic rings. The summed E-state index contributed by atoms with van der Waals surface area (Å²) < 4.78 is 16.3. The lowest BCUT2D eigenvalue weighted by molar-refractivity contribution is -0.144. The number of ether oxygens (including phenoxy) is 2. The molecule has 0 aliphatic carbocycles. The molecule has 27 heavy (non-hydrogen) atoms. The fraction of sp³-hybridized carbons (Fsp3) is 0.273. The van der Waals surface area contributed by atoms with Gasteiger partial charge in [0.2, 0.25) is 0 Å². The molecule has 1 heterocycles. The van der Waals surface area contributed by atoms with E-state index in [-0.39, 0.29) is 24.8 Å². The number of fused-ring (bicyclic) bond motifs is 1. The Balaban J connectivity index is 1.73. The molecule has 0 N–H and O–H groups in total. The van der Waals surface area contributed by atoms with Crippen molar-refractivity contribution in [3.63, 3.8) is 0 Å². The van der Waals surface area contributed by atoms with Crippen molar-refractivity contribution in [1.82, 2.24) is 0 Å². The highest BCUT2D eigenvalue weighted by molar-refractivity contribution is 5.94. The van der Waals surface area contributed by atoms with Gasteiger partial charge in [0.25, 0.3) is 0 Å². The number of Topliss-reactive ketones (excluding diaryl/α,β-unsaturated/α-hetero) is 1. The molecule has 5 nitrogen and oxygen atoms in total. The first-order valence-corrected chi connectivity index (χ1v) is 8.70. The molecule has 0 aliphatic rings. The summed E-state index contributed by atoms with van der Waals surface area (Å²) in [4.78, 5) is 23.9. The summed E-state index contributed by atoms with van der Waals surface area (Å²) in [5, 5.41) is 0.922. The molecular weight excluding hydrogens is 344 g/mol. The number of hydrogen-bond donors (Lipinski definition) is 0. The SMILES string of the molecule is COc1ccc(C(C)=O)cc1COC(=O)Cc1coc2c(C)c(C)ccc12. The average molecular weight is 366 g/mol. The van der Waals surface area contributed by atoms with E-state index in [2.05, 4.69) is 0 Å². The van der Waals surface area contributed by atoms with Gasteiger partial charge in [0.05, 0.1) is 19.8 Å². The number of rotatable bonds is 6. The van der Waals surface area contributed by atoms with Gasteiger partial charge in [0, 0.05) is 22.1 Å². The predicted octanol–water partition coefficient (Wildman–Crippen LogP) is 4.55. The Morgan fingerprint density at radius 2 is 1.85 bits per heavy atom. The summed E-state index contributed by atoms with van der Waals surface area (Å²) in [6, 6.07) is 9.06. The van der Waals surface area contributed by atoms with Crippen LogP contribution in [0.25, 0.3) is 11.0 Å². The Hall–Kier alpha value is -3.08. The van der Waals surface area contributed by atoms with E-state index in [1.807, 2.05) is 26.0 Å². The lowest BCUT2D eigenvalue weighted by Gasteiger charge is -2.10. The number of carbonyl (C=O) groups is 2. The monoisotopic (exact) mass is 366 g/mol. The molecule has 3 rings (SSSR count). The van der Waals surface area contributed by atoms with E-state index >= 15 is 0 Å². The Labute approximate surface area is 157 Å². The first-order chi connectivity index (χ1) is 12.9. The van der Waals surface area contributed by atoms with Crippen LogP contribution < -0.4 is 4.74 Å². The zero-order valence-corrected chi connectivity index (χ0v) is 15.9. The van der Waals surface area contributed by atoms with Crippen LogP contribution >= 0.6 is 0 Å². The lowest BCUT2D eigenvalue weighted by atomic mass is 10.0. The summed E-state index contributed by atoms with van der Waals surface area (Å²) in [5.41, 5.74) is 5.01. The normalized spacial score (nSPS) is 10.8. The van der Waals surface area contributed by atoms with Crippen molar-refractivity contribution in [3.05, 3.63) is 64.4 Å². The molecule has 0 saturated carbocycles. The standard InChI is InChI=1S/C22H22O5/c1-13-5-7-19-17(11-27-22(19)14(13)2)10-21(24)26-12-18-9-16(15(3)23)6-8-20(18)25-4/h5-9,11H,10,12H2,1-4H3. The van der Waals surface area contributed by atoms with Crippen molar-refractivity contribution in [2.45, 2.75) is 33.8 Å². The quantitative estimate of drug-likeness (QED) is 0.473. The Morgan fingerprint density at radius 3 is 2.56 bits per heavy atom. The summed E-state index contributed by atoms with van der Waals surface area (Å²) in [5.74, 6) is 0.152. The lowest BCUT2D eigenvalue weighted by Crippen LogP contribution is -2.09. The van der Waals surface area contributed by atoms with Crippen molar-refractivity contribution in [3.8, 4) is 5.75 Å². The van der Waals surface area contributed by atoms with Gasteiger partial charge >= 0.3 is 5.97 Å². The second kappa shape index (κ2) is 7.66. The molecule has 2 aromatic carbocycles. The van der Waals surface area contributed by atoms with Crippen LogP contribution in [-0.2, 0) is 22.6 Å². The van der Waals surface area contributed by atoms with E-state index < -0.39 is 0 Å². The number of hydrogen-bond acceptors (Lipinski definition) is 5. The molecule has 5 heteroatoms. The minimum atomic E-state index is -0.369. The second-order valence-electron chi connectivity index (χ2n) is 6.57. The highest BCUT2D eigenvalue weighted by atomic mass is 16.5. The van der Waals surface area contributed by atoms with Crippen LogP contribution in [0.15, 0.2) is 41.0 Å². The van der Waals surface area contributed by atoms with Crippen molar-refractivity contribution in [1.29, 1.82) is 0 Å². The maximum Gasteiger partial charge on any atom is 0.310 e. The maximum absolute atomic E-state index is 12.3. The van der Waals surface area contributed by atoms with Gasteiger partial charge in [-0.1, -0.05) is 12.1 Å². The Bertz CT molecular complexity index is 1010. The number of aryl methyl sites for hydroxylation is 2. The van der Waals surface area contributed by atoms with Gasteiger partial charge in [0.15, 0.2) is 5.78 Å². The summed E-state index contributed by atoms with van der Waals surface area (Å²) >= 11 is 0. The van der Waals surface area contributed by atoms with Gasteiger partial charge in [-0.25, -0.2) is 0 Å². The molecule has 0 atom stereocenters. The molecule has 0 bridgehead atoms. The van der Waals surface area contributed by atoms with Crippen LogP contribution in [0.3, 0.4) is 0 Å². The average Bonchev–Trinajstić information content (AvgIpc) is 3.06. The molecule has 0 saturated heterocycles. The number of carbonyl (C=O) groups excluding carboxylic acids is 2. The predicted molar refractivity (Wildman–Crippen MR) is 102 cm³/mol. The van der Waals surface area contributed by atoms with Crippen molar-refractivity contribution in [2.24, 2.45) is 0 Å². The number of benzene rings is 2. The third-order valence-electron chi connectivity index (χ3n) is 4.75. The minimum absolute atomic E-state index is 0.0387. The summed E-state index contributed by atoms with van der Waals surface area (Å²) in [6.45, 7) is 5.55. The van der Waals surface area contributed by atoms with Crippen molar-refractivity contribution < 1.29 is 23.5 Å². The number of furan rings is 1. The molecule has 0 aliphatic heterocycles. The van der Waals surface area contributed by atoms with Crippen LogP contribution in [0.4, 0.5) is 0 Å². The van der Waals surface area contributed by atoms with Crippen LogP contribution in [-0.4, -0.2) is 18.9 Å². The summed E-state index contributed by atoms with van der Waals surface area (Å²) in [7, 11) is 1.54.